The fourth-order valence-corrected chi connectivity index (χ4v) is 2.05. The van der Waals surface area contributed by atoms with Crippen molar-refractivity contribution >= 4 is 5.97 Å². The molecule has 0 aliphatic heterocycles. The molecule has 1 unspecified atom stereocenters. The van der Waals surface area contributed by atoms with Gasteiger partial charge in [-0.3, -0.25) is 4.79 Å². The Hall–Kier alpha value is -1.39. The molecule has 0 amide bonds. The van der Waals surface area contributed by atoms with E-state index in [1.807, 2.05) is 30.3 Å². The zero-order valence-electron chi connectivity index (χ0n) is 12.6. The molecular weight excluding hydrogens is 254 g/mol. The number of carbonyl (C=O) groups excluding carboxylic acids is 1. The highest BCUT2D eigenvalue weighted by atomic mass is 16.5. The van der Waals surface area contributed by atoms with E-state index in [4.69, 9.17) is 4.74 Å². The maximum absolute atomic E-state index is 12.3. The van der Waals surface area contributed by atoms with Crippen molar-refractivity contribution < 1.29 is 14.6 Å². The van der Waals surface area contributed by atoms with Gasteiger partial charge in [0.05, 0.1) is 6.61 Å². The molecule has 112 valence electrons. The minimum Gasteiger partial charge on any atom is -0.464 e. The maximum atomic E-state index is 12.3. The Kier molecular flexibility index (Phi) is 6.68. The van der Waals surface area contributed by atoms with Crippen LogP contribution in [0.25, 0.3) is 0 Å². The number of likely N-dealkylation sites (N-methyl/N-ethyl adjacent to an activating group) is 1. The second kappa shape index (κ2) is 8.02. The normalized spacial score (nSPS) is 14.1. The molecule has 4 nitrogen and oxygen atoms in total. The van der Waals surface area contributed by atoms with Gasteiger partial charge >= 0.3 is 5.97 Å². The van der Waals surface area contributed by atoms with Crippen molar-refractivity contribution in [2.24, 2.45) is 0 Å². The van der Waals surface area contributed by atoms with E-state index >= 15 is 0 Å². The number of nitrogens with zero attached hydrogens (tertiary/aromatic N) is 1. The number of esters is 1. The fraction of sp³-hybridized carbons (Fsp3) is 0.562. The second-order valence-corrected chi connectivity index (χ2v) is 5.02. The first kappa shape index (κ1) is 16.7. The summed E-state index contributed by atoms with van der Waals surface area (Å²) < 4.78 is 5.35. The Morgan fingerprint density at radius 1 is 1.25 bits per heavy atom. The lowest BCUT2D eigenvalue weighted by Gasteiger charge is -2.26. The zero-order chi connectivity index (χ0) is 15.0. The van der Waals surface area contributed by atoms with Crippen LogP contribution in [0.2, 0.25) is 0 Å². The van der Waals surface area contributed by atoms with Gasteiger partial charge in [0.15, 0.2) is 0 Å². The lowest BCUT2D eigenvalue weighted by molar-refractivity contribution is -0.152. The summed E-state index contributed by atoms with van der Waals surface area (Å²) in [4.78, 5) is 14.4. The van der Waals surface area contributed by atoms with Crippen LogP contribution in [0.1, 0.15) is 26.3 Å². The molecule has 0 aliphatic carbocycles. The quantitative estimate of drug-likeness (QED) is 0.738. The molecule has 4 heteroatoms. The van der Waals surface area contributed by atoms with Crippen molar-refractivity contribution in [2.45, 2.75) is 26.2 Å². The van der Waals surface area contributed by atoms with Crippen molar-refractivity contribution in [1.29, 1.82) is 0 Å². The summed E-state index contributed by atoms with van der Waals surface area (Å²) in [6.07, 6.45) is 0. The highest BCUT2D eigenvalue weighted by molar-refractivity contribution is 5.82. The molecule has 1 aromatic carbocycles. The second-order valence-electron chi connectivity index (χ2n) is 5.02. The molecule has 0 heterocycles. The summed E-state index contributed by atoms with van der Waals surface area (Å²) >= 11 is 0. The number of hydrogen-bond acceptors (Lipinski definition) is 4. The number of benzene rings is 1. The van der Waals surface area contributed by atoms with Crippen LogP contribution in [-0.4, -0.2) is 48.8 Å². The topological polar surface area (TPSA) is 49.8 Å². The van der Waals surface area contributed by atoms with Gasteiger partial charge in [-0.2, -0.15) is 0 Å². The standard InChI is InChI=1S/C16H25NO3/c1-4-17(5-2)11-12-20-15(19)16(3,13-18)14-9-7-6-8-10-14/h6-10,18H,4-5,11-13H2,1-3H3. The van der Waals surface area contributed by atoms with Gasteiger partial charge in [-0.25, -0.2) is 0 Å². The molecule has 0 fully saturated rings. The van der Waals surface area contributed by atoms with E-state index in [0.29, 0.717) is 6.61 Å². The first-order valence-corrected chi connectivity index (χ1v) is 7.14. The molecule has 0 radical (unpaired) electrons. The summed E-state index contributed by atoms with van der Waals surface area (Å²) in [6, 6.07) is 9.26. The SMILES string of the molecule is CCN(CC)CCOC(=O)C(C)(CO)c1ccccc1. The summed E-state index contributed by atoms with van der Waals surface area (Å²) in [7, 11) is 0. The van der Waals surface area contributed by atoms with Crippen LogP contribution in [-0.2, 0) is 14.9 Å². The minimum atomic E-state index is -0.996. The van der Waals surface area contributed by atoms with Gasteiger partial charge in [-0.1, -0.05) is 44.2 Å². The number of aliphatic hydroxyl groups excluding tert-OH is 1. The van der Waals surface area contributed by atoms with Gasteiger partial charge in [-0.05, 0) is 25.6 Å². The van der Waals surface area contributed by atoms with Crippen LogP contribution in [0, 0.1) is 0 Å². The van der Waals surface area contributed by atoms with E-state index in [9.17, 15) is 9.90 Å². The van der Waals surface area contributed by atoms with Gasteiger partial charge < -0.3 is 14.7 Å². The molecule has 0 aliphatic rings. The van der Waals surface area contributed by atoms with E-state index in [2.05, 4.69) is 18.7 Å². The molecular formula is C16H25NO3. The van der Waals surface area contributed by atoms with E-state index < -0.39 is 5.41 Å². The lowest BCUT2D eigenvalue weighted by atomic mass is 9.83. The summed E-state index contributed by atoms with van der Waals surface area (Å²) in [5.74, 6) is -0.377. The van der Waals surface area contributed by atoms with E-state index in [1.165, 1.54) is 0 Å². The molecule has 0 aromatic heterocycles. The lowest BCUT2D eigenvalue weighted by Crippen LogP contribution is -2.39. The Morgan fingerprint density at radius 2 is 1.85 bits per heavy atom. The van der Waals surface area contributed by atoms with Crippen LogP contribution in [0.3, 0.4) is 0 Å². The zero-order valence-corrected chi connectivity index (χ0v) is 12.6. The number of aliphatic hydroxyl groups is 1. The van der Waals surface area contributed by atoms with Crippen molar-refractivity contribution in [2.75, 3.05) is 32.8 Å². The van der Waals surface area contributed by atoms with Crippen LogP contribution in [0.4, 0.5) is 0 Å². The Labute approximate surface area is 121 Å². The van der Waals surface area contributed by atoms with Gasteiger partial charge in [-0.15, -0.1) is 0 Å². The maximum Gasteiger partial charge on any atom is 0.318 e. The molecule has 0 bridgehead atoms. The van der Waals surface area contributed by atoms with Gasteiger partial charge in [0.2, 0.25) is 0 Å². The first-order valence-electron chi connectivity index (χ1n) is 7.14. The van der Waals surface area contributed by atoms with Gasteiger partial charge in [0.25, 0.3) is 0 Å². The summed E-state index contributed by atoms with van der Waals surface area (Å²) in [6.45, 7) is 8.54. The van der Waals surface area contributed by atoms with Crippen molar-refractivity contribution in [3.05, 3.63) is 35.9 Å². The van der Waals surface area contributed by atoms with Crippen molar-refractivity contribution in [3.8, 4) is 0 Å². The first-order chi connectivity index (χ1) is 9.58. The van der Waals surface area contributed by atoms with E-state index in [-0.39, 0.29) is 12.6 Å². The number of carbonyl (C=O) groups is 1. The number of ether oxygens (including phenoxy) is 1. The van der Waals surface area contributed by atoms with Crippen LogP contribution < -0.4 is 0 Å². The Morgan fingerprint density at radius 3 is 2.35 bits per heavy atom. The highest BCUT2D eigenvalue weighted by Gasteiger charge is 2.36. The average molecular weight is 279 g/mol. The minimum absolute atomic E-state index is 0.263. The molecule has 0 spiro atoms. The largest absolute Gasteiger partial charge is 0.464 e. The smallest absolute Gasteiger partial charge is 0.318 e. The monoisotopic (exact) mass is 279 g/mol. The summed E-state index contributed by atoms with van der Waals surface area (Å²) in [5, 5.41) is 9.60. The predicted octanol–water partition coefficient (Wildman–Crippen LogP) is 1.82. The van der Waals surface area contributed by atoms with Gasteiger partial charge in [0.1, 0.15) is 12.0 Å². The average Bonchev–Trinajstić information content (AvgIpc) is 2.51. The number of hydrogen-bond donors (Lipinski definition) is 1. The molecule has 1 N–H and O–H groups in total. The molecule has 20 heavy (non-hydrogen) atoms. The third-order valence-electron chi connectivity index (χ3n) is 3.71. The van der Waals surface area contributed by atoms with Crippen molar-refractivity contribution in [3.63, 3.8) is 0 Å². The molecule has 0 saturated carbocycles. The van der Waals surface area contributed by atoms with Crippen LogP contribution in [0.5, 0.6) is 0 Å². The van der Waals surface area contributed by atoms with Gasteiger partial charge in [0, 0.05) is 6.54 Å². The third-order valence-corrected chi connectivity index (χ3v) is 3.71. The highest BCUT2D eigenvalue weighted by Crippen LogP contribution is 2.24. The Balaban J connectivity index is 2.64. The molecule has 1 rings (SSSR count). The molecule has 0 saturated heterocycles. The molecule has 1 atom stereocenters. The van der Waals surface area contributed by atoms with Crippen LogP contribution >= 0.6 is 0 Å². The van der Waals surface area contributed by atoms with Crippen molar-refractivity contribution in [1.82, 2.24) is 4.90 Å². The number of rotatable bonds is 8. The summed E-state index contributed by atoms with van der Waals surface area (Å²) in [5.41, 5.74) is -0.222. The fourth-order valence-electron chi connectivity index (χ4n) is 2.05. The molecule has 1 aromatic rings. The Bertz CT molecular complexity index is 403. The van der Waals surface area contributed by atoms with Crippen LogP contribution in [0.15, 0.2) is 30.3 Å². The third kappa shape index (κ3) is 4.05. The van der Waals surface area contributed by atoms with E-state index in [1.54, 1.807) is 6.92 Å². The van der Waals surface area contributed by atoms with E-state index in [0.717, 1.165) is 25.2 Å². The predicted molar refractivity (Wildman–Crippen MR) is 79.6 cm³/mol.